The molecule has 0 unspecified atom stereocenters. The SMILES string of the molecule is C#CCN(C(=O)NCCc1ccccn1)[C@H]1CCc2ccccc21. The molecule has 0 bridgehead atoms. The minimum Gasteiger partial charge on any atom is -0.338 e. The minimum absolute atomic E-state index is 0.0621. The van der Waals surface area contributed by atoms with Gasteiger partial charge < -0.3 is 10.2 Å². The molecule has 0 saturated heterocycles. The Morgan fingerprint density at radius 1 is 1.29 bits per heavy atom. The smallest absolute Gasteiger partial charge is 0.318 e. The number of benzene rings is 1. The van der Waals surface area contributed by atoms with Gasteiger partial charge in [-0.2, -0.15) is 0 Å². The summed E-state index contributed by atoms with van der Waals surface area (Å²) in [4.78, 5) is 18.7. The summed E-state index contributed by atoms with van der Waals surface area (Å²) < 4.78 is 0. The monoisotopic (exact) mass is 319 g/mol. The number of carbonyl (C=O) groups excluding carboxylic acids is 1. The number of nitrogens with zero attached hydrogens (tertiary/aromatic N) is 2. The van der Waals surface area contributed by atoms with Crippen molar-refractivity contribution in [2.45, 2.75) is 25.3 Å². The number of hydrogen-bond donors (Lipinski definition) is 1. The molecular formula is C20H21N3O. The number of aryl methyl sites for hydroxylation is 1. The van der Waals surface area contributed by atoms with Crippen molar-refractivity contribution >= 4 is 6.03 Å². The highest BCUT2D eigenvalue weighted by atomic mass is 16.2. The molecule has 0 radical (unpaired) electrons. The Morgan fingerprint density at radius 2 is 2.12 bits per heavy atom. The summed E-state index contributed by atoms with van der Waals surface area (Å²) in [5.41, 5.74) is 3.49. The van der Waals surface area contributed by atoms with E-state index in [9.17, 15) is 4.79 Å². The molecule has 1 aliphatic carbocycles. The van der Waals surface area contributed by atoms with Crippen molar-refractivity contribution in [3.8, 4) is 12.3 Å². The summed E-state index contributed by atoms with van der Waals surface area (Å²) in [5, 5.41) is 2.98. The quantitative estimate of drug-likeness (QED) is 0.861. The van der Waals surface area contributed by atoms with E-state index in [1.54, 1.807) is 11.1 Å². The third kappa shape index (κ3) is 3.57. The Labute approximate surface area is 142 Å². The van der Waals surface area contributed by atoms with Crippen LogP contribution in [0.1, 0.15) is 29.3 Å². The molecule has 1 aromatic heterocycles. The zero-order chi connectivity index (χ0) is 16.8. The van der Waals surface area contributed by atoms with Crippen LogP contribution in [0.2, 0.25) is 0 Å². The molecule has 3 rings (SSSR count). The Hall–Kier alpha value is -2.80. The Morgan fingerprint density at radius 3 is 2.92 bits per heavy atom. The van der Waals surface area contributed by atoms with Gasteiger partial charge in [0.25, 0.3) is 0 Å². The molecule has 1 N–H and O–H groups in total. The molecule has 122 valence electrons. The molecule has 2 aromatic rings. The van der Waals surface area contributed by atoms with Crippen molar-refractivity contribution in [3.63, 3.8) is 0 Å². The van der Waals surface area contributed by atoms with E-state index in [-0.39, 0.29) is 12.1 Å². The predicted octanol–water partition coefficient (Wildman–Crippen LogP) is 2.96. The molecule has 1 aromatic carbocycles. The van der Waals surface area contributed by atoms with Crippen molar-refractivity contribution in [1.29, 1.82) is 0 Å². The van der Waals surface area contributed by atoms with Crippen LogP contribution in [0, 0.1) is 12.3 Å². The van der Waals surface area contributed by atoms with Crippen LogP contribution in [0.3, 0.4) is 0 Å². The normalized spacial score (nSPS) is 15.4. The van der Waals surface area contributed by atoms with E-state index in [0.29, 0.717) is 19.5 Å². The number of urea groups is 1. The lowest BCUT2D eigenvalue weighted by atomic mass is 10.1. The molecular weight excluding hydrogens is 298 g/mol. The van der Waals surface area contributed by atoms with Gasteiger partial charge in [0.15, 0.2) is 0 Å². The third-order valence-electron chi connectivity index (χ3n) is 4.38. The van der Waals surface area contributed by atoms with Crippen molar-refractivity contribution in [3.05, 3.63) is 65.5 Å². The van der Waals surface area contributed by atoms with Crippen LogP contribution >= 0.6 is 0 Å². The first-order valence-corrected chi connectivity index (χ1v) is 8.25. The second-order valence-corrected chi connectivity index (χ2v) is 5.89. The second-order valence-electron chi connectivity index (χ2n) is 5.89. The van der Waals surface area contributed by atoms with Crippen LogP contribution in [0.25, 0.3) is 0 Å². The fourth-order valence-corrected chi connectivity index (χ4v) is 3.23. The number of aromatic nitrogens is 1. The average molecular weight is 319 g/mol. The zero-order valence-corrected chi connectivity index (χ0v) is 13.6. The van der Waals surface area contributed by atoms with Gasteiger partial charge >= 0.3 is 6.03 Å². The molecule has 0 saturated carbocycles. The number of nitrogens with one attached hydrogen (secondary N) is 1. The summed E-state index contributed by atoms with van der Waals surface area (Å²) in [6.45, 7) is 0.861. The minimum atomic E-state index is -0.106. The number of fused-ring (bicyclic) bond motifs is 1. The largest absolute Gasteiger partial charge is 0.338 e. The number of pyridine rings is 1. The van der Waals surface area contributed by atoms with Crippen molar-refractivity contribution in [2.75, 3.05) is 13.1 Å². The lowest BCUT2D eigenvalue weighted by Crippen LogP contribution is -2.42. The van der Waals surface area contributed by atoms with Crippen molar-refractivity contribution in [2.24, 2.45) is 0 Å². The summed E-state index contributed by atoms with van der Waals surface area (Å²) >= 11 is 0. The highest BCUT2D eigenvalue weighted by Crippen LogP contribution is 2.35. The molecule has 1 heterocycles. The number of hydrogen-bond acceptors (Lipinski definition) is 2. The van der Waals surface area contributed by atoms with E-state index in [1.165, 1.54) is 11.1 Å². The van der Waals surface area contributed by atoms with E-state index in [4.69, 9.17) is 6.42 Å². The molecule has 0 aliphatic heterocycles. The lowest BCUT2D eigenvalue weighted by Gasteiger charge is -2.28. The maximum atomic E-state index is 12.6. The van der Waals surface area contributed by atoms with E-state index in [0.717, 1.165) is 18.5 Å². The first-order valence-electron chi connectivity index (χ1n) is 8.25. The van der Waals surface area contributed by atoms with Crippen LogP contribution in [-0.2, 0) is 12.8 Å². The van der Waals surface area contributed by atoms with E-state index in [1.807, 2.05) is 30.3 Å². The Bertz CT molecular complexity index is 736. The summed E-state index contributed by atoms with van der Waals surface area (Å²) in [5.74, 6) is 2.62. The van der Waals surface area contributed by atoms with Gasteiger partial charge in [0, 0.05) is 24.9 Å². The van der Waals surface area contributed by atoms with E-state index < -0.39 is 0 Å². The molecule has 24 heavy (non-hydrogen) atoms. The van der Waals surface area contributed by atoms with Gasteiger partial charge in [-0.25, -0.2) is 4.79 Å². The summed E-state index contributed by atoms with van der Waals surface area (Å²) in [6.07, 6.45) is 9.87. The molecule has 1 aliphatic rings. The van der Waals surface area contributed by atoms with Gasteiger partial charge in [0.2, 0.25) is 0 Å². The van der Waals surface area contributed by atoms with Gasteiger partial charge in [-0.1, -0.05) is 36.3 Å². The average Bonchev–Trinajstić information content (AvgIpc) is 3.04. The molecule has 1 atom stereocenters. The van der Waals surface area contributed by atoms with Gasteiger partial charge in [-0.3, -0.25) is 4.98 Å². The summed E-state index contributed by atoms with van der Waals surface area (Å²) in [6, 6.07) is 14.0. The highest BCUT2D eigenvalue weighted by Gasteiger charge is 2.30. The number of amides is 2. The maximum Gasteiger partial charge on any atom is 0.318 e. The fourth-order valence-electron chi connectivity index (χ4n) is 3.23. The number of rotatable bonds is 5. The third-order valence-corrected chi connectivity index (χ3v) is 4.38. The van der Waals surface area contributed by atoms with Crippen LogP contribution < -0.4 is 5.32 Å². The van der Waals surface area contributed by atoms with Crippen LogP contribution in [0.15, 0.2) is 48.7 Å². The van der Waals surface area contributed by atoms with Crippen molar-refractivity contribution < 1.29 is 4.79 Å². The first kappa shape index (κ1) is 16.1. The van der Waals surface area contributed by atoms with Gasteiger partial charge in [-0.05, 0) is 36.1 Å². The van der Waals surface area contributed by atoms with E-state index in [2.05, 4.69) is 28.4 Å². The summed E-state index contributed by atoms with van der Waals surface area (Å²) in [7, 11) is 0. The second kappa shape index (κ2) is 7.65. The number of carbonyl (C=O) groups is 1. The van der Waals surface area contributed by atoms with Gasteiger partial charge in [-0.15, -0.1) is 6.42 Å². The molecule has 0 spiro atoms. The maximum absolute atomic E-state index is 12.6. The van der Waals surface area contributed by atoms with Gasteiger partial charge in [0.1, 0.15) is 0 Å². The fraction of sp³-hybridized carbons (Fsp3) is 0.300. The van der Waals surface area contributed by atoms with Crippen molar-refractivity contribution in [1.82, 2.24) is 15.2 Å². The number of terminal acetylenes is 1. The lowest BCUT2D eigenvalue weighted by molar-refractivity contribution is 0.183. The van der Waals surface area contributed by atoms with E-state index >= 15 is 0 Å². The van der Waals surface area contributed by atoms with Gasteiger partial charge in [0.05, 0.1) is 12.6 Å². The van der Waals surface area contributed by atoms with Crippen LogP contribution in [0.5, 0.6) is 0 Å². The topological polar surface area (TPSA) is 45.2 Å². The molecule has 4 nitrogen and oxygen atoms in total. The highest BCUT2D eigenvalue weighted by molar-refractivity contribution is 5.75. The molecule has 2 amide bonds. The Kier molecular flexibility index (Phi) is 5.12. The molecule has 0 fully saturated rings. The van der Waals surface area contributed by atoms with Crippen LogP contribution in [-0.4, -0.2) is 29.0 Å². The van der Waals surface area contributed by atoms with Crippen LogP contribution in [0.4, 0.5) is 4.79 Å². The standard InChI is InChI=1S/C20H21N3O/c1-2-15-23(19-11-10-16-7-3-4-9-18(16)19)20(24)22-14-12-17-8-5-6-13-21-17/h1,3-9,13,19H,10-12,14-15H2,(H,22,24)/t19-/m0/s1. The first-order chi connectivity index (χ1) is 11.8. The zero-order valence-electron chi connectivity index (χ0n) is 13.6. The predicted molar refractivity (Wildman–Crippen MR) is 94.4 cm³/mol. The molecule has 4 heteroatoms. The Balaban J connectivity index is 1.63.